The average molecular weight is 108 g/mol. The summed E-state index contributed by atoms with van der Waals surface area (Å²) in [7, 11) is 0. The fraction of sp³-hybridized carbons (Fsp3) is 0.667. The van der Waals surface area contributed by atoms with Gasteiger partial charge < -0.3 is 5.11 Å². The number of hydrogen-bond donors (Lipinski definition) is 0. The van der Waals surface area contributed by atoms with E-state index >= 15 is 0 Å². The van der Waals surface area contributed by atoms with Gasteiger partial charge in [0, 0.05) is 6.54 Å². The molecule has 0 fully saturated rings. The van der Waals surface area contributed by atoms with Crippen LogP contribution < -0.4 is 51.4 Å². The first-order valence-corrected chi connectivity index (χ1v) is 1.68. The third kappa shape index (κ3) is 2.31. The van der Waals surface area contributed by atoms with Crippen molar-refractivity contribution >= 4 is 0 Å². The molecule has 0 saturated heterocycles. The molecule has 6 heavy (non-hydrogen) atoms. The summed E-state index contributed by atoms with van der Waals surface area (Å²) in [5, 5.41) is 7.24. The van der Waals surface area contributed by atoms with Gasteiger partial charge >= 0.3 is 51.4 Å². The Morgan fingerprint density at radius 1 is 1.50 bits per heavy atom. The zero-order chi connectivity index (χ0) is 3.54. The van der Waals surface area contributed by atoms with Gasteiger partial charge in [-0.3, -0.25) is 6.54 Å². The van der Waals surface area contributed by atoms with Crippen molar-refractivity contribution in [2.24, 2.45) is 10.2 Å². The fourth-order valence-electron chi connectivity index (χ4n) is 0.289. The molecule has 0 amide bonds. The van der Waals surface area contributed by atoms with Gasteiger partial charge in [-0.2, -0.15) is 0 Å². The van der Waals surface area contributed by atoms with Crippen LogP contribution in [0.15, 0.2) is 10.2 Å². The molecule has 0 radical (unpaired) electrons. The van der Waals surface area contributed by atoms with E-state index in [1.54, 1.807) is 0 Å². The zero-order valence-electron chi connectivity index (χ0n) is 3.89. The molecule has 0 saturated carbocycles. The topological polar surface area (TPSA) is 24.7 Å². The van der Waals surface area contributed by atoms with Crippen molar-refractivity contribution in [3.63, 3.8) is 0 Å². The molecular weight excluding hydrogens is 103 g/mol. The van der Waals surface area contributed by atoms with Crippen molar-refractivity contribution in [3.8, 4) is 0 Å². The Hall–Kier alpha value is 1.11. The molecule has 0 atom stereocenters. The summed E-state index contributed by atoms with van der Waals surface area (Å²) in [6.07, 6.45) is 1.04. The third-order valence-corrected chi connectivity index (χ3v) is 0.521. The van der Waals surface area contributed by atoms with Crippen LogP contribution in [0.4, 0.5) is 0 Å². The van der Waals surface area contributed by atoms with Crippen molar-refractivity contribution < 1.29 is 51.4 Å². The molecule has 0 aromatic rings. The molecule has 28 valence electrons. The minimum absolute atomic E-state index is 0. The Morgan fingerprint density at radius 2 is 2.33 bits per heavy atom. The molecule has 0 unspecified atom stereocenters. The van der Waals surface area contributed by atoms with E-state index in [2.05, 4.69) is 10.2 Å². The van der Waals surface area contributed by atoms with Gasteiger partial charge in [0.2, 0.25) is 0 Å². The van der Waals surface area contributed by atoms with E-state index in [4.69, 9.17) is 0 Å². The molecule has 0 aromatic carbocycles. The number of hydrogen-bond acceptors (Lipinski definition) is 2. The first-order valence-electron chi connectivity index (χ1n) is 1.68. The molecule has 1 heterocycles. The summed E-state index contributed by atoms with van der Waals surface area (Å²) in [5.74, 6) is 0. The molecule has 0 aliphatic carbocycles. The van der Waals surface area contributed by atoms with Gasteiger partial charge in [0.25, 0.3) is 0 Å². The standard InChI is InChI=1S/C3H5N2.K/c1-2-4-5-3-1;/h2H,1,3H2;/q-1;+1. The van der Waals surface area contributed by atoms with Crippen LogP contribution in [0.1, 0.15) is 6.42 Å². The van der Waals surface area contributed by atoms with Crippen LogP contribution in [-0.4, -0.2) is 6.54 Å². The number of nitrogens with zero attached hydrogens (tertiary/aromatic N) is 2. The van der Waals surface area contributed by atoms with Crippen molar-refractivity contribution in [2.45, 2.75) is 6.42 Å². The van der Waals surface area contributed by atoms with Gasteiger partial charge in [0.05, 0.1) is 0 Å². The Balaban J connectivity index is 0.000000250. The molecule has 1 aliphatic rings. The van der Waals surface area contributed by atoms with Crippen LogP contribution in [0.2, 0.25) is 0 Å². The second-order valence-corrected chi connectivity index (χ2v) is 0.952. The molecule has 0 N–H and O–H groups in total. The Morgan fingerprint density at radius 3 is 2.50 bits per heavy atom. The summed E-state index contributed by atoms with van der Waals surface area (Å²) >= 11 is 0. The molecule has 0 aromatic heterocycles. The molecule has 0 spiro atoms. The summed E-state index contributed by atoms with van der Waals surface area (Å²) in [6.45, 7) is 2.72. The van der Waals surface area contributed by atoms with E-state index in [0.717, 1.165) is 13.0 Å². The van der Waals surface area contributed by atoms with Crippen molar-refractivity contribution in [1.29, 1.82) is 0 Å². The molecule has 1 aliphatic heterocycles. The van der Waals surface area contributed by atoms with Crippen LogP contribution >= 0.6 is 0 Å². The fourth-order valence-corrected chi connectivity index (χ4v) is 0.289. The van der Waals surface area contributed by atoms with E-state index in [1.165, 1.54) is 0 Å². The van der Waals surface area contributed by atoms with Crippen LogP contribution in [0.3, 0.4) is 0 Å². The molecular formula is C3H5KN2. The van der Waals surface area contributed by atoms with E-state index in [1.807, 2.05) is 6.54 Å². The maximum absolute atomic E-state index is 3.65. The normalized spacial score (nSPS) is 16.0. The quantitative estimate of drug-likeness (QED) is 0.253. The van der Waals surface area contributed by atoms with Gasteiger partial charge in [-0.25, -0.2) is 5.11 Å². The van der Waals surface area contributed by atoms with Crippen LogP contribution in [0.25, 0.3) is 0 Å². The van der Waals surface area contributed by atoms with E-state index in [0.29, 0.717) is 0 Å². The van der Waals surface area contributed by atoms with E-state index < -0.39 is 0 Å². The zero-order valence-corrected chi connectivity index (χ0v) is 7.01. The Bertz CT molecular complexity index is 46.8. The maximum Gasteiger partial charge on any atom is 1.00 e. The van der Waals surface area contributed by atoms with Gasteiger partial charge in [-0.15, -0.1) is 6.42 Å². The SMILES string of the molecule is [CH-]1CCN=N1.[K+]. The number of rotatable bonds is 0. The van der Waals surface area contributed by atoms with Crippen LogP contribution in [-0.2, 0) is 0 Å². The largest absolute Gasteiger partial charge is 1.00 e. The first kappa shape index (κ1) is 7.11. The van der Waals surface area contributed by atoms with E-state index in [9.17, 15) is 0 Å². The Labute approximate surface area is 79.8 Å². The minimum Gasteiger partial charge on any atom is -0.356 e. The Kier molecular flexibility index (Phi) is 5.06. The maximum atomic E-state index is 3.65. The monoisotopic (exact) mass is 108 g/mol. The molecule has 1 rings (SSSR count). The number of azo groups is 1. The summed E-state index contributed by atoms with van der Waals surface area (Å²) in [5.41, 5.74) is 0. The van der Waals surface area contributed by atoms with Crippen molar-refractivity contribution in [3.05, 3.63) is 6.54 Å². The predicted octanol–water partition coefficient (Wildman–Crippen LogP) is -1.99. The molecule has 3 heteroatoms. The van der Waals surface area contributed by atoms with Gasteiger partial charge in [0.15, 0.2) is 0 Å². The van der Waals surface area contributed by atoms with Gasteiger partial charge in [-0.1, -0.05) is 0 Å². The van der Waals surface area contributed by atoms with Crippen LogP contribution in [0, 0.1) is 6.54 Å². The first-order chi connectivity index (χ1) is 2.50. The smallest absolute Gasteiger partial charge is 0.356 e. The van der Waals surface area contributed by atoms with Crippen LogP contribution in [0.5, 0.6) is 0 Å². The molecule has 2 nitrogen and oxygen atoms in total. The van der Waals surface area contributed by atoms with E-state index in [-0.39, 0.29) is 51.4 Å². The average Bonchev–Trinajstić information content (AvgIpc) is 1.76. The second kappa shape index (κ2) is 4.27. The minimum atomic E-state index is 0. The third-order valence-electron chi connectivity index (χ3n) is 0.521. The summed E-state index contributed by atoms with van der Waals surface area (Å²) in [6, 6.07) is 0. The summed E-state index contributed by atoms with van der Waals surface area (Å²) < 4.78 is 0. The predicted molar refractivity (Wildman–Crippen MR) is 18.6 cm³/mol. The van der Waals surface area contributed by atoms with Gasteiger partial charge in [0.1, 0.15) is 0 Å². The van der Waals surface area contributed by atoms with Gasteiger partial charge in [-0.05, 0) is 0 Å². The second-order valence-electron chi connectivity index (χ2n) is 0.952. The van der Waals surface area contributed by atoms with Crippen molar-refractivity contribution in [2.75, 3.05) is 6.54 Å². The van der Waals surface area contributed by atoms with Crippen molar-refractivity contribution in [1.82, 2.24) is 0 Å². The molecule has 0 bridgehead atoms. The summed E-state index contributed by atoms with van der Waals surface area (Å²) in [4.78, 5) is 0.